The molecule has 0 aliphatic carbocycles. The van der Waals surface area contributed by atoms with Gasteiger partial charge in [-0.2, -0.15) is 0 Å². The molecule has 1 aliphatic heterocycles. The van der Waals surface area contributed by atoms with Crippen molar-refractivity contribution >= 4 is 10.9 Å². The van der Waals surface area contributed by atoms with Crippen LogP contribution in [0.4, 0.5) is 0 Å². The van der Waals surface area contributed by atoms with E-state index in [1.165, 1.54) is 18.4 Å². The number of benzene rings is 1. The molecule has 3 heteroatoms. The summed E-state index contributed by atoms with van der Waals surface area (Å²) in [6.07, 6.45) is 3.68. The summed E-state index contributed by atoms with van der Waals surface area (Å²) in [4.78, 5) is 14.1. The largest absolute Gasteiger partial charge is 0.322 e. The summed E-state index contributed by atoms with van der Waals surface area (Å²) in [7, 11) is 0. The van der Waals surface area contributed by atoms with Crippen molar-refractivity contribution < 1.29 is 0 Å². The number of hydrogen-bond acceptors (Lipinski definition) is 2. The molecular formula is C15H18N2O. The van der Waals surface area contributed by atoms with Gasteiger partial charge in [0.15, 0.2) is 0 Å². The van der Waals surface area contributed by atoms with Gasteiger partial charge < -0.3 is 10.3 Å². The zero-order valence-corrected chi connectivity index (χ0v) is 10.4. The molecule has 2 heterocycles. The van der Waals surface area contributed by atoms with Crippen molar-refractivity contribution in [2.75, 3.05) is 13.1 Å². The summed E-state index contributed by atoms with van der Waals surface area (Å²) in [5.41, 5.74) is 2.27. The van der Waals surface area contributed by atoms with Crippen LogP contribution in [0.5, 0.6) is 0 Å². The van der Waals surface area contributed by atoms with E-state index in [4.69, 9.17) is 0 Å². The summed E-state index contributed by atoms with van der Waals surface area (Å²) in [6.45, 7) is 2.29. The molecule has 18 heavy (non-hydrogen) atoms. The molecule has 2 aromatic rings. The first-order valence-electron chi connectivity index (χ1n) is 6.64. The van der Waals surface area contributed by atoms with Gasteiger partial charge in [0.1, 0.15) is 0 Å². The van der Waals surface area contributed by atoms with Gasteiger partial charge in [-0.3, -0.25) is 4.79 Å². The third-order valence-corrected chi connectivity index (χ3v) is 3.77. The molecule has 1 aromatic heterocycles. The van der Waals surface area contributed by atoms with Crippen molar-refractivity contribution in [1.82, 2.24) is 10.3 Å². The molecule has 3 rings (SSSR count). The van der Waals surface area contributed by atoms with Gasteiger partial charge in [0.25, 0.3) is 0 Å². The van der Waals surface area contributed by atoms with Gasteiger partial charge in [0.05, 0.1) is 0 Å². The zero-order valence-electron chi connectivity index (χ0n) is 10.4. The summed E-state index contributed by atoms with van der Waals surface area (Å²) >= 11 is 0. The first kappa shape index (κ1) is 11.5. The molecular weight excluding hydrogens is 224 g/mol. The Labute approximate surface area is 106 Å². The van der Waals surface area contributed by atoms with Crippen LogP contribution < -0.4 is 10.9 Å². The fraction of sp³-hybridized carbons (Fsp3) is 0.400. The lowest BCUT2D eigenvalue weighted by atomic mass is 9.90. The fourth-order valence-electron chi connectivity index (χ4n) is 2.75. The average molecular weight is 242 g/mol. The van der Waals surface area contributed by atoms with Crippen LogP contribution in [0.15, 0.2) is 35.1 Å². The number of aromatic nitrogens is 1. The molecule has 0 saturated carbocycles. The highest BCUT2D eigenvalue weighted by atomic mass is 16.1. The van der Waals surface area contributed by atoms with Crippen LogP contribution in [0.2, 0.25) is 0 Å². The predicted molar refractivity (Wildman–Crippen MR) is 73.9 cm³/mol. The van der Waals surface area contributed by atoms with Gasteiger partial charge in [-0.15, -0.1) is 0 Å². The van der Waals surface area contributed by atoms with E-state index in [-0.39, 0.29) is 5.56 Å². The Bertz CT molecular complexity index is 597. The molecule has 2 N–H and O–H groups in total. The van der Waals surface area contributed by atoms with E-state index in [2.05, 4.69) is 22.4 Å². The van der Waals surface area contributed by atoms with E-state index in [1.54, 1.807) is 6.07 Å². The Morgan fingerprint density at radius 2 is 1.94 bits per heavy atom. The quantitative estimate of drug-likeness (QED) is 0.846. The van der Waals surface area contributed by atoms with Crippen molar-refractivity contribution in [3.05, 3.63) is 46.2 Å². The Hall–Kier alpha value is -1.61. The number of H-pyrrole nitrogens is 1. The minimum atomic E-state index is -0.0337. The minimum absolute atomic E-state index is 0.0337. The maximum atomic E-state index is 11.2. The summed E-state index contributed by atoms with van der Waals surface area (Å²) in [5.74, 6) is 0.798. The van der Waals surface area contributed by atoms with Gasteiger partial charge in [-0.25, -0.2) is 0 Å². The standard InChI is InChI=1S/C15H18N2O/c18-15-4-2-13-10-12(1-3-14(13)17-15)9-11-5-7-16-8-6-11/h1-4,10-11,16H,5-9H2,(H,17,18). The van der Waals surface area contributed by atoms with Crippen LogP contribution in [0.25, 0.3) is 10.9 Å². The lowest BCUT2D eigenvalue weighted by molar-refractivity contribution is 0.373. The number of fused-ring (bicyclic) bond motifs is 1. The van der Waals surface area contributed by atoms with Crippen molar-refractivity contribution in [2.24, 2.45) is 5.92 Å². The Morgan fingerprint density at radius 3 is 2.78 bits per heavy atom. The molecule has 0 atom stereocenters. The van der Waals surface area contributed by atoms with Crippen LogP contribution in [0, 0.1) is 5.92 Å². The van der Waals surface area contributed by atoms with E-state index >= 15 is 0 Å². The average Bonchev–Trinajstić information content (AvgIpc) is 2.40. The van der Waals surface area contributed by atoms with Gasteiger partial charge in [0, 0.05) is 11.6 Å². The number of hydrogen-bond donors (Lipinski definition) is 2. The molecule has 0 unspecified atom stereocenters. The SMILES string of the molecule is O=c1ccc2cc(CC3CCNCC3)ccc2[nH]1. The maximum absolute atomic E-state index is 11.2. The molecule has 1 saturated heterocycles. The van der Waals surface area contributed by atoms with E-state index in [9.17, 15) is 4.79 Å². The second kappa shape index (κ2) is 4.94. The number of piperidine rings is 1. The Kier molecular flexibility index (Phi) is 3.15. The smallest absolute Gasteiger partial charge is 0.248 e. The molecule has 0 bridgehead atoms. The summed E-state index contributed by atoms with van der Waals surface area (Å²) < 4.78 is 0. The van der Waals surface area contributed by atoms with Crippen molar-refractivity contribution in [3.63, 3.8) is 0 Å². The monoisotopic (exact) mass is 242 g/mol. The van der Waals surface area contributed by atoms with E-state index in [0.717, 1.165) is 36.3 Å². The maximum Gasteiger partial charge on any atom is 0.248 e. The Morgan fingerprint density at radius 1 is 1.11 bits per heavy atom. The van der Waals surface area contributed by atoms with Gasteiger partial charge in [0.2, 0.25) is 5.56 Å². The normalized spacial score (nSPS) is 17.1. The highest BCUT2D eigenvalue weighted by molar-refractivity contribution is 5.78. The van der Waals surface area contributed by atoms with E-state index < -0.39 is 0 Å². The fourth-order valence-corrected chi connectivity index (χ4v) is 2.75. The molecule has 3 nitrogen and oxygen atoms in total. The third-order valence-electron chi connectivity index (χ3n) is 3.77. The van der Waals surface area contributed by atoms with Crippen LogP contribution in [0.1, 0.15) is 18.4 Å². The number of nitrogens with one attached hydrogen (secondary N) is 2. The van der Waals surface area contributed by atoms with Crippen LogP contribution in [-0.2, 0) is 6.42 Å². The van der Waals surface area contributed by atoms with Crippen molar-refractivity contribution in [1.29, 1.82) is 0 Å². The summed E-state index contributed by atoms with van der Waals surface area (Å²) in [5, 5.41) is 4.52. The molecule has 0 spiro atoms. The second-order valence-electron chi connectivity index (χ2n) is 5.14. The predicted octanol–water partition coefficient (Wildman–Crippen LogP) is 2.07. The molecule has 1 aliphatic rings. The zero-order chi connectivity index (χ0) is 12.4. The third kappa shape index (κ3) is 2.46. The van der Waals surface area contributed by atoms with Crippen LogP contribution in [-0.4, -0.2) is 18.1 Å². The highest BCUT2D eigenvalue weighted by Crippen LogP contribution is 2.20. The van der Waals surface area contributed by atoms with Crippen molar-refractivity contribution in [2.45, 2.75) is 19.3 Å². The number of pyridine rings is 1. The van der Waals surface area contributed by atoms with E-state index in [1.807, 2.05) is 12.1 Å². The lowest BCUT2D eigenvalue weighted by Gasteiger charge is -2.22. The number of aromatic amines is 1. The molecule has 94 valence electrons. The first-order valence-corrected chi connectivity index (χ1v) is 6.64. The molecule has 0 radical (unpaired) electrons. The van der Waals surface area contributed by atoms with Crippen LogP contribution >= 0.6 is 0 Å². The van der Waals surface area contributed by atoms with Gasteiger partial charge in [-0.1, -0.05) is 6.07 Å². The minimum Gasteiger partial charge on any atom is -0.322 e. The number of rotatable bonds is 2. The van der Waals surface area contributed by atoms with Gasteiger partial charge in [-0.05, 0) is 67.4 Å². The lowest BCUT2D eigenvalue weighted by Crippen LogP contribution is -2.28. The summed E-state index contributed by atoms with van der Waals surface area (Å²) in [6, 6.07) is 9.86. The molecule has 1 aromatic carbocycles. The van der Waals surface area contributed by atoms with E-state index in [0.29, 0.717) is 0 Å². The topological polar surface area (TPSA) is 44.9 Å². The van der Waals surface area contributed by atoms with Gasteiger partial charge >= 0.3 is 0 Å². The first-order chi connectivity index (χ1) is 8.81. The Balaban J connectivity index is 1.84. The second-order valence-corrected chi connectivity index (χ2v) is 5.14. The highest BCUT2D eigenvalue weighted by Gasteiger charge is 2.13. The van der Waals surface area contributed by atoms with Crippen molar-refractivity contribution in [3.8, 4) is 0 Å². The molecule has 0 amide bonds. The molecule has 1 fully saturated rings. The van der Waals surface area contributed by atoms with Crippen LogP contribution in [0.3, 0.4) is 0 Å².